The lowest BCUT2D eigenvalue weighted by atomic mass is 10.0. The smallest absolute Gasteiger partial charge is 0.121 e. The number of hydrogen-bond donors (Lipinski definition) is 1. The summed E-state index contributed by atoms with van der Waals surface area (Å²) in [6.07, 6.45) is 1.12. The van der Waals surface area contributed by atoms with Crippen molar-refractivity contribution in [1.82, 2.24) is 10.2 Å². The van der Waals surface area contributed by atoms with E-state index in [0.29, 0.717) is 6.04 Å². The summed E-state index contributed by atoms with van der Waals surface area (Å²) < 4.78 is 5.30. The average molecular weight is 248 g/mol. The van der Waals surface area contributed by atoms with Crippen LogP contribution in [0, 0.1) is 6.92 Å². The van der Waals surface area contributed by atoms with Crippen LogP contribution in [-0.2, 0) is 6.42 Å². The van der Waals surface area contributed by atoms with Crippen LogP contribution in [0.4, 0.5) is 0 Å². The Balaban J connectivity index is 1.97. The second-order valence-electron chi connectivity index (χ2n) is 5.14. The van der Waals surface area contributed by atoms with Crippen molar-refractivity contribution in [3.05, 3.63) is 29.3 Å². The monoisotopic (exact) mass is 248 g/mol. The summed E-state index contributed by atoms with van der Waals surface area (Å²) in [6.45, 7) is 8.99. The number of methoxy groups -OCH3 is 1. The molecule has 1 aromatic rings. The maximum Gasteiger partial charge on any atom is 0.121 e. The normalized spacial score (nSPS) is 18.6. The third-order valence-corrected chi connectivity index (χ3v) is 3.77. The first-order valence-electron chi connectivity index (χ1n) is 6.79. The van der Waals surface area contributed by atoms with Gasteiger partial charge in [-0.25, -0.2) is 0 Å². The highest BCUT2D eigenvalue weighted by Gasteiger charge is 2.16. The predicted octanol–water partition coefficient (Wildman–Crippen LogP) is 1.84. The Kier molecular flexibility index (Phi) is 4.61. The van der Waals surface area contributed by atoms with Crippen LogP contribution in [0.3, 0.4) is 0 Å². The van der Waals surface area contributed by atoms with E-state index in [1.165, 1.54) is 11.1 Å². The second-order valence-corrected chi connectivity index (χ2v) is 5.14. The number of nitrogens with one attached hydrogen (secondary N) is 1. The Hall–Kier alpha value is -1.06. The van der Waals surface area contributed by atoms with Crippen molar-refractivity contribution < 1.29 is 4.74 Å². The fraction of sp³-hybridized carbons (Fsp3) is 0.600. The molecule has 3 heteroatoms. The lowest BCUT2D eigenvalue weighted by Crippen LogP contribution is -2.48. The number of benzene rings is 1. The quantitative estimate of drug-likeness (QED) is 0.880. The van der Waals surface area contributed by atoms with E-state index < -0.39 is 0 Å². The number of piperazine rings is 1. The highest BCUT2D eigenvalue weighted by atomic mass is 16.5. The molecule has 1 N–H and O–H groups in total. The minimum atomic E-state index is 0.611. The highest BCUT2D eigenvalue weighted by molar-refractivity contribution is 5.36. The number of rotatable bonds is 4. The van der Waals surface area contributed by atoms with Gasteiger partial charge in [-0.1, -0.05) is 12.1 Å². The Morgan fingerprint density at radius 1 is 1.33 bits per heavy atom. The van der Waals surface area contributed by atoms with Crippen molar-refractivity contribution in [1.29, 1.82) is 0 Å². The van der Waals surface area contributed by atoms with Crippen molar-refractivity contribution in [2.45, 2.75) is 26.3 Å². The molecule has 100 valence electrons. The lowest BCUT2D eigenvalue weighted by molar-refractivity contribution is 0.183. The van der Waals surface area contributed by atoms with Crippen molar-refractivity contribution in [3.8, 4) is 5.75 Å². The summed E-state index contributed by atoms with van der Waals surface area (Å²) >= 11 is 0. The number of hydrogen-bond acceptors (Lipinski definition) is 3. The van der Waals surface area contributed by atoms with Crippen LogP contribution >= 0.6 is 0 Å². The standard InChI is InChI=1S/C15H24N2O/c1-12-10-14(4-5-15(12)18-3)11-13(2)17-8-6-16-7-9-17/h4-5,10,13,16H,6-9,11H2,1-3H3. The van der Waals surface area contributed by atoms with Crippen molar-refractivity contribution >= 4 is 0 Å². The van der Waals surface area contributed by atoms with Gasteiger partial charge in [-0.15, -0.1) is 0 Å². The summed E-state index contributed by atoms with van der Waals surface area (Å²) in [4.78, 5) is 2.57. The predicted molar refractivity (Wildman–Crippen MR) is 75.3 cm³/mol. The Labute approximate surface area is 110 Å². The zero-order valence-corrected chi connectivity index (χ0v) is 11.7. The van der Waals surface area contributed by atoms with Crippen molar-refractivity contribution in [2.75, 3.05) is 33.3 Å². The number of ether oxygens (including phenoxy) is 1. The largest absolute Gasteiger partial charge is 0.496 e. The molecule has 18 heavy (non-hydrogen) atoms. The zero-order valence-electron chi connectivity index (χ0n) is 11.7. The number of nitrogens with zero attached hydrogens (tertiary/aromatic N) is 1. The van der Waals surface area contributed by atoms with Crippen LogP contribution < -0.4 is 10.1 Å². The van der Waals surface area contributed by atoms with Gasteiger partial charge in [0.05, 0.1) is 7.11 Å². The van der Waals surface area contributed by atoms with E-state index in [0.717, 1.165) is 38.3 Å². The topological polar surface area (TPSA) is 24.5 Å². The molecule has 1 heterocycles. The maximum absolute atomic E-state index is 5.30. The molecular weight excluding hydrogens is 224 g/mol. The fourth-order valence-electron chi connectivity index (χ4n) is 2.66. The van der Waals surface area contributed by atoms with Crippen LogP contribution in [0.1, 0.15) is 18.1 Å². The summed E-state index contributed by atoms with van der Waals surface area (Å²) in [7, 11) is 1.73. The molecule has 1 saturated heterocycles. The lowest BCUT2D eigenvalue weighted by Gasteiger charge is -2.33. The van der Waals surface area contributed by atoms with Crippen LogP contribution in [0.15, 0.2) is 18.2 Å². The van der Waals surface area contributed by atoms with E-state index in [4.69, 9.17) is 4.74 Å². The molecule has 0 saturated carbocycles. The average Bonchev–Trinajstić information content (AvgIpc) is 2.40. The van der Waals surface area contributed by atoms with Gasteiger partial charge < -0.3 is 10.1 Å². The molecule has 0 aliphatic carbocycles. The van der Waals surface area contributed by atoms with Crippen LogP contribution in [-0.4, -0.2) is 44.2 Å². The molecule has 1 atom stereocenters. The molecule has 3 nitrogen and oxygen atoms in total. The molecule has 0 spiro atoms. The highest BCUT2D eigenvalue weighted by Crippen LogP contribution is 2.20. The first-order chi connectivity index (χ1) is 8.70. The van der Waals surface area contributed by atoms with Gasteiger partial charge >= 0.3 is 0 Å². The Morgan fingerprint density at radius 3 is 2.67 bits per heavy atom. The minimum absolute atomic E-state index is 0.611. The van der Waals surface area contributed by atoms with E-state index in [9.17, 15) is 0 Å². The summed E-state index contributed by atoms with van der Waals surface area (Å²) in [5.41, 5.74) is 2.63. The van der Waals surface area contributed by atoms with Gasteiger partial charge in [0.2, 0.25) is 0 Å². The summed E-state index contributed by atoms with van der Waals surface area (Å²) in [5, 5.41) is 3.40. The Morgan fingerprint density at radius 2 is 2.06 bits per heavy atom. The molecule has 1 aliphatic rings. The molecule has 0 aromatic heterocycles. The second kappa shape index (κ2) is 6.21. The van der Waals surface area contributed by atoms with Crippen molar-refractivity contribution in [2.24, 2.45) is 0 Å². The SMILES string of the molecule is COc1ccc(CC(C)N2CCNCC2)cc1C. The van der Waals surface area contributed by atoms with Gasteiger partial charge in [-0.2, -0.15) is 0 Å². The first-order valence-corrected chi connectivity index (χ1v) is 6.79. The fourth-order valence-corrected chi connectivity index (χ4v) is 2.66. The van der Waals surface area contributed by atoms with Crippen LogP contribution in [0.25, 0.3) is 0 Å². The third-order valence-electron chi connectivity index (χ3n) is 3.77. The van der Waals surface area contributed by atoms with Crippen LogP contribution in [0.2, 0.25) is 0 Å². The molecule has 0 radical (unpaired) electrons. The minimum Gasteiger partial charge on any atom is -0.496 e. The molecule has 2 rings (SSSR count). The molecule has 1 aliphatic heterocycles. The van der Waals surface area contributed by atoms with Gasteiger partial charge in [0.25, 0.3) is 0 Å². The maximum atomic E-state index is 5.30. The summed E-state index contributed by atoms with van der Waals surface area (Å²) in [6, 6.07) is 7.12. The molecule has 0 bridgehead atoms. The van der Waals surface area contributed by atoms with E-state index >= 15 is 0 Å². The van der Waals surface area contributed by atoms with Gasteiger partial charge in [-0.05, 0) is 37.5 Å². The van der Waals surface area contributed by atoms with Gasteiger partial charge in [0.1, 0.15) is 5.75 Å². The Bertz CT molecular complexity index is 386. The molecule has 1 fully saturated rings. The zero-order chi connectivity index (χ0) is 13.0. The molecular formula is C15H24N2O. The van der Waals surface area contributed by atoms with E-state index in [-0.39, 0.29) is 0 Å². The molecule has 0 amide bonds. The molecule has 1 unspecified atom stereocenters. The van der Waals surface area contributed by atoms with Gasteiger partial charge in [-0.3, -0.25) is 4.90 Å². The summed E-state index contributed by atoms with van der Waals surface area (Å²) in [5.74, 6) is 0.980. The van der Waals surface area contributed by atoms with Crippen LogP contribution in [0.5, 0.6) is 5.75 Å². The molecule has 1 aromatic carbocycles. The van der Waals surface area contributed by atoms with E-state index in [1.807, 2.05) is 0 Å². The van der Waals surface area contributed by atoms with E-state index in [2.05, 4.69) is 42.3 Å². The van der Waals surface area contributed by atoms with Gasteiger partial charge in [0, 0.05) is 32.2 Å². The van der Waals surface area contributed by atoms with Gasteiger partial charge in [0.15, 0.2) is 0 Å². The van der Waals surface area contributed by atoms with E-state index in [1.54, 1.807) is 7.11 Å². The van der Waals surface area contributed by atoms with Crippen molar-refractivity contribution in [3.63, 3.8) is 0 Å². The third kappa shape index (κ3) is 3.24. The first kappa shape index (κ1) is 13.4. The number of aryl methyl sites for hydroxylation is 1.